The summed E-state index contributed by atoms with van der Waals surface area (Å²) in [6, 6.07) is 16.6. The summed E-state index contributed by atoms with van der Waals surface area (Å²) < 4.78 is 0. The zero-order valence-electron chi connectivity index (χ0n) is 11.7. The van der Waals surface area contributed by atoms with Crippen molar-refractivity contribution in [1.82, 2.24) is 0 Å². The second-order valence-electron chi connectivity index (χ2n) is 6.15. The van der Waals surface area contributed by atoms with E-state index in [1.54, 1.807) is 0 Å². The lowest BCUT2D eigenvalue weighted by Crippen LogP contribution is -2.54. The number of ketones is 1. The predicted molar refractivity (Wildman–Crippen MR) is 79.9 cm³/mol. The molecule has 1 nitrogen and oxygen atoms in total. The summed E-state index contributed by atoms with van der Waals surface area (Å²) in [5, 5.41) is 0. The van der Waals surface area contributed by atoms with Crippen molar-refractivity contribution in [2.75, 3.05) is 0 Å². The number of hydrogen-bond donors (Lipinski definition) is 0. The van der Waals surface area contributed by atoms with Gasteiger partial charge in [-0.05, 0) is 36.1 Å². The van der Waals surface area contributed by atoms with Gasteiger partial charge in [0.2, 0.25) is 0 Å². The van der Waals surface area contributed by atoms with Crippen LogP contribution in [0.25, 0.3) is 0 Å². The third-order valence-electron chi connectivity index (χ3n) is 5.34. The molecule has 0 spiro atoms. The van der Waals surface area contributed by atoms with Crippen molar-refractivity contribution in [2.24, 2.45) is 0 Å². The molecule has 0 radical (unpaired) electrons. The molecular formula is C19H16O. The lowest BCUT2D eigenvalue weighted by atomic mass is 9.48. The normalized spacial score (nSPS) is 30.1. The van der Waals surface area contributed by atoms with Gasteiger partial charge in [0, 0.05) is 11.0 Å². The number of fused-ring (bicyclic) bond motifs is 1. The predicted octanol–water partition coefficient (Wildman–Crippen LogP) is 3.75. The second kappa shape index (κ2) is 3.29. The average Bonchev–Trinajstić information content (AvgIpc) is 2.50. The monoisotopic (exact) mass is 260 g/mol. The number of carbonyl (C=O) groups is 1. The van der Waals surface area contributed by atoms with Gasteiger partial charge in [0.25, 0.3) is 0 Å². The molecule has 0 saturated carbocycles. The van der Waals surface area contributed by atoms with Crippen molar-refractivity contribution >= 4 is 5.78 Å². The number of Topliss-reactive ketones (excluding diaryl/α,β-unsaturated/α-hetero) is 1. The van der Waals surface area contributed by atoms with E-state index in [2.05, 4.69) is 49.9 Å². The lowest BCUT2D eigenvalue weighted by molar-refractivity contribution is -0.120. The Morgan fingerprint density at radius 3 is 1.50 bits per heavy atom. The Kier molecular flexibility index (Phi) is 1.92. The van der Waals surface area contributed by atoms with E-state index in [1.165, 1.54) is 11.1 Å². The standard InChI is InChI=1S/C19H16O/c1-12-17(20)19(3)15-10-6-4-8-13(15)18(12,2)14-9-5-7-11-16(14)19/h4-11H,1H2,2-3H3. The third-order valence-corrected chi connectivity index (χ3v) is 5.34. The molecule has 0 aliphatic heterocycles. The first-order valence-corrected chi connectivity index (χ1v) is 6.96. The van der Waals surface area contributed by atoms with Crippen molar-refractivity contribution in [2.45, 2.75) is 24.7 Å². The Hall–Kier alpha value is -2.15. The van der Waals surface area contributed by atoms with Crippen LogP contribution in [0.1, 0.15) is 36.1 Å². The Balaban J connectivity index is 2.26. The highest BCUT2D eigenvalue weighted by molar-refractivity contribution is 6.12. The van der Waals surface area contributed by atoms with Gasteiger partial charge < -0.3 is 0 Å². The van der Waals surface area contributed by atoms with Crippen LogP contribution in [0.15, 0.2) is 60.7 Å². The zero-order chi connectivity index (χ0) is 14.1. The number of benzene rings is 2. The number of rotatable bonds is 0. The fourth-order valence-corrected chi connectivity index (χ4v) is 4.10. The molecule has 0 aromatic heterocycles. The minimum absolute atomic E-state index is 0.164. The van der Waals surface area contributed by atoms with Crippen LogP contribution in [0, 0.1) is 0 Å². The van der Waals surface area contributed by atoms with E-state index in [-0.39, 0.29) is 11.2 Å². The van der Waals surface area contributed by atoms with Gasteiger partial charge in [0.15, 0.2) is 5.78 Å². The first-order valence-electron chi connectivity index (χ1n) is 6.96. The molecule has 0 atom stereocenters. The maximum absolute atomic E-state index is 12.9. The van der Waals surface area contributed by atoms with E-state index in [0.717, 1.165) is 16.7 Å². The minimum Gasteiger partial charge on any atom is -0.293 e. The molecular weight excluding hydrogens is 244 g/mol. The van der Waals surface area contributed by atoms with Crippen molar-refractivity contribution in [3.05, 3.63) is 82.9 Å². The zero-order valence-corrected chi connectivity index (χ0v) is 11.7. The highest BCUT2D eigenvalue weighted by atomic mass is 16.1. The number of allylic oxidation sites excluding steroid dienone is 1. The molecule has 3 aliphatic rings. The summed E-state index contributed by atoms with van der Waals surface area (Å²) in [7, 11) is 0. The summed E-state index contributed by atoms with van der Waals surface area (Å²) in [5.41, 5.74) is 4.48. The van der Waals surface area contributed by atoms with Gasteiger partial charge in [-0.2, -0.15) is 0 Å². The van der Waals surface area contributed by atoms with Gasteiger partial charge in [-0.15, -0.1) is 0 Å². The Morgan fingerprint density at radius 1 is 0.750 bits per heavy atom. The Bertz CT molecular complexity index is 668. The summed E-state index contributed by atoms with van der Waals surface area (Å²) in [6.07, 6.45) is 0. The number of hydrogen-bond acceptors (Lipinski definition) is 1. The van der Waals surface area contributed by atoms with Gasteiger partial charge in [-0.1, -0.05) is 55.1 Å². The smallest absolute Gasteiger partial charge is 0.174 e. The molecule has 0 heterocycles. The SMILES string of the molecule is C=C1C(=O)C2(C)c3ccccc3C1(C)c1ccccc12. The third kappa shape index (κ3) is 0.976. The van der Waals surface area contributed by atoms with E-state index in [9.17, 15) is 4.79 Å². The van der Waals surface area contributed by atoms with Crippen molar-refractivity contribution in [1.29, 1.82) is 0 Å². The first kappa shape index (κ1) is 11.7. The molecule has 0 saturated heterocycles. The van der Waals surface area contributed by atoms with Crippen LogP contribution in [0.2, 0.25) is 0 Å². The maximum atomic E-state index is 12.9. The molecule has 98 valence electrons. The molecule has 5 rings (SSSR count). The van der Waals surface area contributed by atoms with Gasteiger partial charge in [0.1, 0.15) is 0 Å². The molecule has 0 amide bonds. The fourth-order valence-electron chi connectivity index (χ4n) is 4.10. The fraction of sp³-hybridized carbons (Fsp3) is 0.211. The van der Waals surface area contributed by atoms with Gasteiger partial charge in [-0.3, -0.25) is 4.79 Å². The largest absolute Gasteiger partial charge is 0.293 e. The van der Waals surface area contributed by atoms with E-state index in [4.69, 9.17) is 0 Å². The van der Waals surface area contributed by atoms with Crippen LogP contribution in [-0.2, 0) is 15.6 Å². The number of carbonyl (C=O) groups excluding carboxylic acids is 1. The van der Waals surface area contributed by atoms with E-state index < -0.39 is 5.41 Å². The molecule has 0 N–H and O–H groups in total. The highest BCUT2D eigenvalue weighted by Gasteiger charge is 2.58. The summed E-state index contributed by atoms with van der Waals surface area (Å²) in [5.74, 6) is 0.164. The Labute approximate surface area is 119 Å². The van der Waals surface area contributed by atoms with Crippen molar-refractivity contribution in [3.63, 3.8) is 0 Å². The summed E-state index contributed by atoms with van der Waals surface area (Å²) >= 11 is 0. The molecule has 20 heavy (non-hydrogen) atoms. The van der Waals surface area contributed by atoms with Crippen LogP contribution in [0.3, 0.4) is 0 Å². The molecule has 2 aromatic carbocycles. The topological polar surface area (TPSA) is 17.1 Å². The second-order valence-corrected chi connectivity index (χ2v) is 6.15. The average molecular weight is 260 g/mol. The van der Waals surface area contributed by atoms with Gasteiger partial charge in [0.05, 0.1) is 5.41 Å². The minimum atomic E-state index is -0.581. The van der Waals surface area contributed by atoms with Gasteiger partial charge >= 0.3 is 0 Å². The quantitative estimate of drug-likeness (QED) is 0.659. The van der Waals surface area contributed by atoms with Crippen molar-refractivity contribution < 1.29 is 4.79 Å². The van der Waals surface area contributed by atoms with E-state index in [1.807, 2.05) is 19.1 Å². The summed E-state index contributed by atoms with van der Waals surface area (Å²) in [6.45, 7) is 8.31. The van der Waals surface area contributed by atoms with Crippen LogP contribution >= 0.6 is 0 Å². The molecule has 2 bridgehead atoms. The molecule has 0 fully saturated rings. The summed E-state index contributed by atoms with van der Waals surface area (Å²) in [4.78, 5) is 12.9. The molecule has 3 aliphatic carbocycles. The molecule has 2 aromatic rings. The van der Waals surface area contributed by atoms with Crippen LogP contribution < -0.4 is 0 Å². The van der Waals surface area contributed by atoms with Crippen LogP contribution in [0.4, 0.5) is 0 Å². The highest BCUT2D eigenvalue weighted by Crippen LogP contribution is 2.58. The maximum Gasteiger partial charge on any atom is 0.174 e. The molecule has 0 unspecified atom stereocenters. The van der Waals surface area contributed by atoms with Crippen LogP contribution in [-0.4, -0.2) is 5.78 Å². The van der Waals surface area contributed by atoms with Crippen molar-refractivity contribution in [3.8, 4) is 0 Å². The van der Waals surface area contributed by atoms with E-state index >= 15 is 0 Å². The first-order chi connectivity index (χ1) is 9.52. The molecule has 1 heteroatoms. The van der Waals surface area contributed by atoms with Crippen LogP contribution in [0.5, 0.6) is 0 Å². The van der Waals surface area contributed by atoms with E-state index in [0.29, 0.717) is 0 Å². The Morgan fingerprint density at radius 2 is 1.10 bits per heavy atom. The lowest BCUT2D eigenvalue weighted by Gasteiger charge is -2.52. The van der Waals surface area contributed by atoms with Gasteiger partial charge in [-0.25, -0.2) is 0 Å².